The van der Waals surface area contributed by atoms with Gasteiger partial charge in [-0.3, -0.25) is 10.1 Å². The minimum atomic E-state index is 0.659. The highest BCUT2D eigenvalue weighted by Gasteiger charge is 2.18. The van der Waals surface area contributed by atoms with Gasteiger partial charge in [0.25, 0.3) is 0 Å². The van der Waals surface area contributed by atoms with Gasteiger partial charge in [0.1, 0.15) is 16.9 Å². The van der Waals surface area contributed by atoms with Gasteiger partial charge in [0.15, 0.2) is 11.5 Å². The number of pyridine rings is 2. The third-order valence-electron chi connectivity index (χ3n) is 5.31. The van der Waals surface area contributed by atoms with Gasteiger partial charge in [-0.25, -0.2) is 15.0 Å². The minimum Gasteiger partial charge on any atom is -0.336 e. The molecule has 0 saturated heterocycles. The SMILES string of the molecule is Cc1ncc(-c2ccc3[nH]nc(-c4nc5c(-c6ccsc6)nccc5[nH]4)c3n2)n1C. The molecule has 0 unspecified atom stereocenters. The number of thiophene rings is 1. The summed E-state index contributed by atoms with van der Waals surface area (Å²) >= 11 is 1.64. The maximum atomic E-state index is 4.87. The molecule has 30 heavy (non-hydrogen) atoms. The van der Waals surface area contributed by atoms with Gasteiger partial charge in [-0.1, -0.05) is 0 Å². The zero-order chi connectivity index (χ0) is 20.2. The molecule has 0 aliphatic carbocycles. The average Bonchev–Trinajstić information content (AvgIpc) is 3.54. The second-order valence-electron chi connectivity index (χ2n) is 7.07. The van der Waals surface area contributed by atoms with Crippen LogP contribution in [0.25, 0.3) is 56.2 Å². The van der Waals surface area contributed by atoms with E-state index in [9.17, 15) is 0 Å². The second-order valence-corrected chi connectivity index (χ2v) is 7.85. The number of aryl methyl sites for hydroxylation is 1. The largest absolute Gasteiger partial charge is 0.336 e. The Kier molecular flexibility index (Phi) is 3.59. The summed E-state index contributed by atoms with van der Waals surface area (Å²) in [7, 11) is 1.98. The number of fused-ring (bicyclic) bond motifs is 2. The molecule has 8 nitrogen and oxygen atoms in total. The third kappa shape index (κ3) is 2.49. The summed E-state index contributed by atoms with van der Waals surface area (Å²) in [6.45, 7) is 1.97. The molecule has 0 atom stereocenters. The summed E-state index contributed by atoms with van der Waals surface area (Å²) in [5, 5.41) is 11.7. The molecule has 146 valence electrons. The van der Waals surface area contributed by atoms with Crippen molar-refractivity contribution in [2.75, 3.05) is 0 Å². The van der Waals surface area contributed by atoms with Crippen LogP contribution in [0.5, 0.6) is 0 Å². The number of hydrogen-bond acceptors (Lipinski definition) is 6. The van der Waals surface area contributed by atoms with Crippen LogP contribution in [0.4, 0.5) is 0 Å². The van der Waals surface area contributed by atoms with Gasteiger partial charge in [-0.05, 0) is 36.6 Å². The van der Waals surface area contributed by atoms with E-state index in [4.69, 9.17) is 9.97 Å². The average molecular weight is 412 g/mol. The van der Waals surface area contributed by atoms with Crippen LogP contribution >= 0.6 is 11.3 Å². The Bertz CT molecular complexity index is 1520. The van der Waals surface area contributed by atoms with E-state index in [1.54, 1.807) is 17.5 Å². The number of nitrogens with zero attached hydrogens (tertiary/aromatic N) is 6. The Morgan fingerprint density at radius 3 is 2.67 bits per heavy atom. The number of hydrogen-bond donors (Lipinski definition) is 2. The smallest absolute Gasteiger partial charge is 0.161 e. The van der Waals surface area contributed by atoms with Crippen LogP contribution in [-0.4, -0.2) is 39.7 Å². The molecule has 0 aromatic carbocycles. The molecule has 0 bridgehead atoms. The lowest BCUT2D eigenvalue weighted by atomic mass is 10.2. The van der Waals surface area contributed by atoms with E-state index in [1.807, 2.05) is 48.3 Å². The predicted molar refractivity (Wildman–Crippen MR) is 117 cm³/mol. The van der Waals surface area contributed by atoms with Crippen molar-refractivity contribution in [3.8, 4) is 34.2 Å². The fourth-order valence-electron chi connectivity index (χ4n) is 3.60. The molecule has 9 heteroatoms. The van der Waals surface area contributed by atoms with Gasteiger partial charge in [0, 0.05) is 24.2 Å². The third-order valence-corrected chi connectivity index (χ3v) is 5.99. The Balaban J connectivity index is 1.53. The summed E-state index contributed by atoms with van der Waals surface area (Å²) in [6, 6.07) is 7.93. The Morgan fingerprint density at radius 1 is 0.967 bits per heavy atom. The molecule has 6 rings (SSSR count). The zero-order valence-electron chi connectivity index (χ0n) is 16.2. The van der Waals surface area contributed by atoms with E-state index in [2.05, 4.69) is 36.6 Å². The summed E-state index contributed by atoms with van der Waals surface area (Å²) in [5.74, 6) is 1.59. The molecular formula is C21H16N8S. The van der Waals surface area contributed by atoms with Crippen LogP contribution in [0.15, 0.2) is 47.4 Å². The molecule has 0 aliphatic heterocycles. The molecular weight excluding hydrogens is 396 g/mol. The topological polar surface area (TPSA) is 101 Å². The molecule has 0 radical (unpaired) electrons. The van der Waals surface area contributed by atoms with Crippen molar-refractivity contribution in [1.29, 1.82) is 0 Å². The van der Waals surface area contributed by atoms with Crippen LogP contribution in [0.2, 0.25) is 0 Å². The first kappa shape index (κ1) is 17.0. The Morgan fingerprint density at radius 2 is 1.87 bits per heavy atom. The minimum absolute atomic E-state index is 0.659. The second kappa shape index (κ2) is 6.33. The molecule has 0 spiro atoms. The van der Waals surface area contributed by atoms with E-state index >= 15 is 0 Å². The number of imidazole rings is 2. The van der Waals surface area contributed by atoms with E-state index in [1.165, 1.54) is 0 Å². The molecule has 6 heterocycles. The van der Waals surface area contributed by atoms with Gasteiger partial charge in [-0.15, -0.1) is 0 Å². The van der Waals surface area contributed by atoms with Crippen molar-refractivity contribution in [1.82, 2.24) is 39.7 Å². The van der Waals surface area contributed by atoms with Crippen LogP contribution in [-0.2, 0) is 7.05 Å². The lowest BCUT2D eigenvalue weighted by molar-refractivity contribution is 0.862. The van der Waals surface area contributed by atoms with Crippen LogP contribution in [0, 0.1) is 6.92 Å². The Labute approximate surface area is 174 Å². The molecule has 2 N–H and O–H groups in total. The monoisotopic (exact) mass is 412 g/mol. The highest BCUT2D eigenvalue weighted by molar-refractivity contribution is 7.08. The van der Waals surface area contributed by atoms with Crippen molar-refractivity contribution in [2.45, 2.75) is 6.92 Å². The fourth-order valence-corrected chi connectivity index (χ4v) is 4.25. The summed E-state index contributed by atoms with van der Waals surface area (Å²) < 4.78 is 2.02. The highest BCUT2D eigenvalue weighted by Crippen LogP contribution is 2.31. The van der Waals surface area contributed by atoms with Crippen molar-refractivity contribution in [2.24, 2.45) is 7.05 Å². The maximum absolute atomic E-state index is 4.87. The molecule has 0 saturated carbocycles. The van der Waals surface area contributed by atoms with E-state index in [0.29, 0.717) is 11.5 Å². The predicted octanol–water partition coefficient (Wildman–Crippen LogP) is 4.33. The van der Waals surface area contributed by atoms with E-state index in [-0.39, 0.29) is 0 Å². The molecule has 0 amide bonds. The lowest BCUT2D eigenvalue weighted by Gasteiger charge is -2.03. The van der Waals surface area contributed by atoms with E-state index < -0.39 is 0 Å². The number of rotatable bonds is 3. The van der Waals surface area contributed by atoms with Crippen molar-refractivity contribution in [3.05, 3.63) is 53.2 Å². The van der Waals surface area contributed by atoms with Crippen molar-refractivity contribution >= 4 is 33.4 Å². The Hall–Kier alpha value is -3.85. The summed E-state index contributed by atoms with van der Waals surface area (Å²) in [4.78, 5) is 22.0. The van der Waals surface area contributed by atoms with Gasteiger partial charge in [0.05, 0.1) is 34.3 Å². The fraction of sp³-hybridized carbons (Fsp3) is 0.0952. The molecule has 0 aliphatic rings. The van der Waals surface area contributed by atoms with Crippen LogP contribution < -0.4 is 0 Å². The standard InChI is InChI=1S/C21H16N8S/c1-11-23-9-16(29(11)2)13-3-4-15-19(24-13)20(28-27-15)21-25-14-5-7-22-17(18(14)26-21)12-6-8-30-10-12/h3-10H,1-2H3,(H,25,26)(H,27,28). The summed E-state index contributed by atoms with van der Waals surface area (Å²) in [6.07, 6.45) is 3.63. The highest BCUT2D eigenvalue weighted by atomic mass is 32.1. The maximum Gasteiger partial charge on any atom is 0.161 e. The van der Waals surface area contributed by atoms with Crippen LogP contribution in [0.3, 0.4) is 0 Å². The van der Waals surface area contributed by atoms with Crippen molar-refractivity contribution in [3.63, 3.8) is 0 Å². The van der Waals surface area contributed by atoms with Crippen molar-refractivity contribution < 1.29 is 0 Å². The van der Waals surface area contributed by atoms with Crippen LogP contribution in [0.1, 0.15) is 5.82 Å². The van der Waals surface area contributed by atoms with E-state index in [0.717, 1.165) is 50.5 Å². The summed E-state index contributed by atoms with van der Waals surface area (Å²) in [5.41, 5.74) is 7.73. The number of aromatic nitrogens is 8. The zero-order valence-corrected chi connectivity index (χ0v) is 17.0. The van der Waals surface area contributed by atoms with Gasteiger partial charge >= 0.3 is 0 Å². The number of nitrogens with one attached hydrogen (secondary N) is 2. The first-order valence-corrected chi connectivity index (χ1v) is 10.3. The number of aromatic amines is 2. The quantitative estimate of drug-likeness (QED) is 0.450. The molecule has 6 aromatic rings. The first-order chi connectivity index (χ1) is 14.7. The molecule has 0 fully saturated rings. The van der Waals surface area contributed by atoms with Gasteiger partial charge in [0.2, 0.25) is 0 Å². The lowest BCUT2D eigenvalue weighted by Crippen LogP contribution is -1.96. The molecule has 6 aromatic heterocycles. The first-order valence-electron chi connectivity index (χ1n) is 9.40. The normalized spacial score (nSPS) is 11.7. The number of H-pyrrole nitrogens is 2. The van der Waals surface area contributed by atoms with Gasteiger partial charge in [-0.2, -0.15) is 16.4 Å². The van der Waals surface area contributed by atoms with Gasteiger partial charge < -0.3 is 9.55 Å².